The first-order valence-electron chi connectivity index (χ1n) is 8.64. The maximum Gasteiger partial charge on any atom is 0.346 e. The normalized spacial score (nSPS) is 17.6. The Kier molecular flexibility index (Phi) is 4.94. The third-order valence-electron chi connectivity index (χ3n) is 4.62. The molecule has 28 heavy (non-hydrogen) atoms. The monoisotopic (exact) mass is 407 g/mol. The van der Waals surface area contributed by atoms with E-state index in [9.17, 15) is 23.1 Å². The number of hydrogen-bond donors (Lipinski definition) is 1. The largest absolute Gasteiger partial charge is 0.391 e. The highest BCUT2D eigenvalue weighted by atomic mass is 32.1. The number of likely N-dealkylation sites (tertiary alicyclic amines) is 1. The van der Waals surface area contributed by atoms with Crippen LogP contribution in [0.4, 0.5) is 18.0 Å². The lowest BCUT2D eigenvalue weighted by Gasteiger charge is -2.11. The topological polar surface area (TPSA) is 57.8 Å². The number of rotatable bonds is 2. The van der Waals surface area contributed by atoms with Crippen molar-refractivity contribution in [2.24, 2.45) is 4.99 Å². The minimum atomic E-state index is -1.04. The van der Waals surface area contributed by atoms with E-state index in [0.717, 1.165) is 17.4 Å². The number of aliphatic hydroxyl groups excluding tert-OH is 1. The second-order valence-electron chi connectivity index (χ2n) is 6.50. The Hall–Kier alpha value is -2.65. The summed E-state index contributed by atoms with van der Waals surface area (Å²) in [6, 6.07) is 6.64. The Morgan fingerprint density at radius 2 is 2.11 bits per heavy atom. The van der Waals surface area contributed by atoms with Crippen LogP contribution in [0.15, 0.2) is 41.5 Å². The molecule has 0 bridgehead atoms. The van der Waals surface area contributed by atoms with Gasteiger partial charge in [-0.05, 0) is 36.1 Å². The predicted molar refractivity (Wildman–Crippen MR) is 99.0 cm³/mol. The van der Waals surface area contributed by atoms with Gasteiger partial charge < -0.3 is 10.0 Å². The number of urea groups is 1. The van der Waals surface area contributed by atoms with Gasteiger partial charge >= 0.3 is 6.03 Å². The van der Waals surface area contributed by atoms with E-state index in [1.165, 1.54) is 17.0 Å². The summed E-state index contributed by atoms with van der Waals surface area (Å²) < 4.78 is 42.3. The summed E-state index contributed by atoms with van der Waals surface area (Å²) in [6.07, 6.45) is 0.874. The molecule has 9 heteroatoms. The Bertz CT molecular complexity index is 1130. The van der Waals surface area contributed by atoms with Gasteiger partial charge in [0, 0.05) is 23.8 Å². The van der Waals surface area contributed by atoms with Gasteiger partial charge in [0.1, 0.15) is 6.17 Å². The summed E-state index contributed by atoms with van der Waals surface area (Å²) in [5.41, 5.74) is 0.575. The van der Waals surface area contributed by atoms with Crippen molar-refractivity contribution < 1.29 is 23.1 Å². The standard InChI is InChI=1S/C19H16F3N3O2S/c20-12-5-6-24(8-12)18(27)23-19-25(9-14(10-26)28-19)13-2-3-15-11(7-13)1-4-16(21)17(15)22/h1-4,7,9,12,26H,5-6,8,10H2/b23-19-/t12-/m1/s1. The van der Waals surface area contributed by atoms with Crippen LogP contribution in [0.1, 0.15) is 11.3 Å². The summed E-state index contributed by atoms with van der Waals surface area (Å²) >= 11 is 1.12. The number of aromatic nitrogens is 1. The number of alkyl halides is 1. The van der Waals surface area contributed by atoms with Crippen LogP contribution in [0, 0.1) is 11.6 Å². The van der Waals surface area contributed by atoms with E-state index in [1.807, 2.05) is 0 Å². The van der Waals surface area contributed by atoms with Crippen LogP contribution < -0.4 is 4.80 Å². The van der Waals surface area contributed by atoms with Crippen LogP contribution in [0.5, 0.6) is 0 Å². The summed E-state index contributed by atoms with van der Waals surface area (Å²) in [7, 11) is 0. The second kappa shape index (κ2) is 7.40. The zero-order chi connectivity index (χ0) is 19.8. The summed E-state index contributed by atoms with van der Waals surface area (Å²) in [4.78, 5) is 18.7. The summed E-state index contributed by atoms with van der Waals surface area (Å²) in [5, 5.41) is 10.1. The molecule has 3 aromatic rings. The van der Waals surface area contributed by atoms with Crippen LogP contribution in [-0.4, -0.2) is 39.9 Å². The molecule has 0 spiro atoms. The fraction of sp³-hybridized carbons (Fsp3) is 0.263. The molecule has 146 valence electrons. The second-order valence-corrected chi connectivity index (χ2v) is 7.59. The number of hydrogen-bond acceptors (Lipinski definition) is 3. The Morgan fingerprint density at radius 3 is 2.82 bits per heavy atom. The third-order valence-corrected chi connectivity index (χ3v) is 5.59. The molecule has 1 aliphatic rings. The van der Waals surface area contributed by atoms with E-state index >= 15 is 0 Å². The number of halogens is 3. The molecule has 1 fully saturated rings. The Labute approximate surface area is 162 Å². The predicted octanol–water partition coefficient (Wildman–Crippen LogP) is 3.53. The number of aliphatic hydroxyl groups is 1. The molecule has 0 saturated carbocycles. The van der Waals surface area contributed by atoms with Gasteiger partial charge in [-0.3, -0.25) is 4.57 Å². The van der Waals surface area contributed by atoms with Crippen LogP contribution in [0.3, 0.4) is 0 Å². The van der Waals surface area contributed by atoms with Crippen LogP contribution in [0.25, 0.3) is 16.5 Å². The first-order chi connectivity index (χ1) is 13.5. The maximum atomic E-state index is 13.9. The molecular formula is C19H16F3N3O2S. The average Bonchev–Trinajstić information content (AvgIpc) is 3.30. The number of amides is 2. The zero-order valence-electron chi connectivity index (χ0n) is 14.6. The van der Waals surface area contributed by atoms with Crippen molar-refractivity contribution in [3.05, 3.63) is 57.8 Å². The van der Waals surface area contributed by atoms with Gasteiger partial charge in [-0.25, -0.2) is 18.0 Å². The molecule has 0 radical (unpaired) electrons. The Balaban J connectivity index is 1.78. The van der Waals surface area contributed by atoms with Gasteiger partial charge in [-0.2, -0.15) is 4.99 Å². The minimum absolute atomic E-state index is 0.0153. The summed E-state index contributed by atoms with van der Waals surface area (Å²) in [5.74, 6) is -1.85. The molecule has 1 atom stereocenters. The maximum absolute atomic E-state index is 13.9. The summed E-state index contributed by atoms with van der Waals surface area (Å²) in [6.45, 7) is 0.0853. The van der Waals surface area contributed by atoms with Gasteiger partial charge in [0.25, 0.3) is 0 Å². The van der Waals surface area contributed by atoms with Gasteiger partial charge in [0.15, 0.2) is 16.4 Å². The molecular weight excluding hydrogens is 391 g/mol. The molecule has 1 saturated heterocycles. The van der Waals surface area contributed by atoms with Crippen molar-refractivity contribution in [3.8, 4) is 5.69 Å². The fourth-order valence-corrected chi connectivity index (χ4v) is 4.01. The van der Waals surface area contributed by atoms with E-state index in [2.05, 4.69) is 4.99 Å². The lowest BCUT2D eigenvalue weighted by atomic mass is 10.1. The first kappa shape index (κ1) is 18.7. The molecule has 5 nitrogen and oxygen atoms in total. The molecule has 0 unspecified atom stereocenters. The minimum Gasteiger partial charge on any atom is -0.391 e. The number of nitrogens with zero attached hydrogens (tertiary/aromatic N) is 3. The Morgan fingerprint density at radius 1 is 1.29 bits per heavy atom. The van der Waals surface area contributed by atoms with Crippen molar-refractivity contribution in [2.45, 2.75) is 19.2 Å². The highest BCUT2D eigenvalue weighted by Crippen LogP contribution is 2.23. The van der Waals surface area contributed by atoms with Crippen molar-refractivity contribution in [2.75, 3.05) is 13.1 Å². The number of fused-ring (bicyclic) bond motifs is 1. The van der Waals surface area contributed by atoms with E-state index in [-0.39, 0.29) is 18.5 Å². The number of thiazole rings is 1. The lowest BCUT2D eigenvalue weighted by molar-refractivity contribution is 0.213. The van der Waals surface area contributed by atoms with E-state index < -0.39 is 23.8 Å². The van der Waals surface area contributed by atoms with Crippen molar-refractivity contribution in [3.63, 3.8) is 0 Å². The van der Waals surface area contributed by atoms with E-state index in [4.69, 9.17) is 0 Å². The van der Waals surface area contributed by atoms with Crippen molar-refractivity contribution in [1.82, 2.24) is 9.47 Å². The van der Waals surface area contributed by atoms with Gasteiger partial charge in [-0.1, -0.05) is 17.4 Å². The number of carbonyl (C=O) groups is 1. The molecule has 1 aliphatic heterocycles. The molecule has 1 aromatic heterocycles. The number of carbonyl (C=O) groups excluding carboxylic acids is 1. The van der Waals surface area contributed by atoms with Crippen molar-refractivity contribution in [1.29, 1.82) is 0 Å². The highest BCUT2D eigenvalue weighted by molar-refractivity contribution is 7.09. The molecule has 2 aromatic carbocycles. The van der Waals surface area contributed by atoms with Crippen LogP contribution in [-0.2, 0) is 6.61 Å². The molecule has 0 aliphatic carbocycles. The molecule has 2 amide bonds. The molecule has 2 heterocycles. The highest BCUT2D eigenvalue weighted by Gasteiger charge is 2.25. The molecule has 4 rings (SSSR count). The SMILES string of the molecule is O=C(/N=c1\sc(CO)cn1-c1ccc2c(F)c(F)ccc2c1)N1CC[C@@H](F)C1. The zero-order valence-corrected chi connectivity index (χ0v) is 15.4. The smallest absolute Gasteiger partial charge is 0.346 e. The number of benzene rings is 2. The average molecular weight is 407 g/mol. The quantitative estimate of drug-likeness (QED) is 0.707. The van der Waals surface area contributed by atoms with E-state index in [0.29, 0.717) is 33.7 Å². The van der Waals surface area contributed by atoms with Gasteiger partial charge in [0.2, 0.25) is 0 Å². The fourth-order valence-electron chi connectivity index (χ4n) is 3.17. The molecule has 1 N–H and O–H groups in total. The first-order valence-corrected chi connectivity index (χ1v) is 9.46. The van der Waals surface area contributed by atoms with Crippen LogP contribution >= 0.6 is 11.3 Å². The van der Waals surface area contributed by atoms with E-state index in [1.54, 1.807) is 22.9 Å². The van der Waals surface area contributed by atoms with Gasteiger partial charge in [0.05, 0.1) is 18.0 Å². The third kappa shape index (κ3) is 3.43. The van der Waals surface area contributed by atoms with Crippen molar-refractivity contribution >= 4 is 28.1 Å². The van der Waals surface area contributed by atoms with Crippen LogP contribution in [0.2, 0.25) is 0 Å². The lowest BCUT2D eigenvalue weighted by Crippen LogP contribution is -2.28. The van der Waals surface area contributed by atoms with Gasteiger partial charge in [-0.15, -0.1) is 0 Å².